The number of carbonyl (C=O) groups is 1. The van der Waals surface area contributed by atoms with Crippen molar-refractivity contribution in [2.45, 2.75) is 39.2 Å². The zero-order chi connectivity index (χ0) is 14.4. The molecule has 1 heterocycles. The summed E-state index contributed by atoms with van der Waals surface area (Å²) in [5.41, 5.74) is 3.20. The number of hydrogen-bond donors (Lipinski definition) is 2. The van der Waals surface area contributed by atoms with Crippen LogP contribution >= 0.6 is 0 Å². The van der Waals surface area contributed by atoms with Gasteiger partial charge in [-0.25, -0.2) is 0 Å². The minimum Gasteiger partial charge on any atom is -0.368 e. The summed E-state index contributed by atoms with van der Waals surface area (Å²) in [7, 11) is 0. The van der Waals surface area contributed by atoms with Gasteiger partial charge in [0.05, 0.1) is 6.10 Å². The minimum absolute atomic E-state index is 0.0625. The summed E-state index contributed by atoms with van der Waals surface area (Å²) in [4.78, 5) is 12.0. The third kappa shape index (κ3) is 4.05. The summed E-state index contributed by atoms with van der Waals surface area (Å²) >= 11 is 0. The van der Waals surface area contributed by atoms with Gasteiger partial charge in [-0.05, 0) is 50.4 Å². The van der Waals surface area contributed by atoms with Crippen molar-refractivity contribution in [2.75, 3.05) is 25.0 Å². The molecule has 0 unspecified atom stereocenters. The molecule has 0 bridgehead atoms. The lowest BCUT2D eigenvalue weighted by atomic mass is 10.1. The second-order valence-electron chi connectivity index (χ2n) is 5.27. The number of ether oxygens (including phenoxy) is 1. The fraction of sp³-hybridized carbons (Fsp3) is 0.562. The molecule has 0 radical (unpaired) electrons. The van der Waals surface area contributed by atoms with Crippen molar-refractivity contribution in [2.24, 2.45) is 0 Å². The molecule has 0 spiro atoms. The molecule has 0 atom stereocenters. The average molecular weight is 276 g/mol. The van der Waals surface area contributed by atoms with Crippen LogP contribution in [0.1, 0.15) is 30.9 Å². The highest BCUT2D eigenvalue weighted by Crippen LogP contribution is 2.21. The maximum Gasteiger partial charge on any atom is 0.250 e. The highest BCUT2D eigenvalue weighted by Gasteiger charge is 2.15. The van der Waals surface area contributed by atoms with E-state index in [1.807, 2.05) is 19.1 Å². The number of rotatable bonds is 5. The SMILES string of the molecule is CCc1cccc(C)c1NC(=O)COC1CCNCC1. The molecular weight excluding hydrogens is 252 g/mol. The first-order valence-electron chi connectivity index (χ1n) is 7.41. The van der Waals surface area contributed by atoms with Crippen LogP contribution in [0.25, 0.3) is 0 Å². The molecule has 4 nitrogen and oxygen atoms in total. The van der Waals surface area contributed by atoms with E-state index in [0.717, 1.165) is 43.6 Å². The molecule has 2 N–H and O–H groups in total. The van der Waals surface area contributed by atoms with E-state index in [1.54, 1.807) is 0 Å². The van der Waals surface area contributed by atoms with Gasteiger partial charge in [-0.15, -0.1) is 0 Å². The second kappa shape index (κ2) is 7.41. The number of hydrogen-bond acceptors (Lipinski definition) is 3. The lowest BCUT2D eigenvalue weighted by Crippen LogP contribution is -2.34. The van der Waals surface area contributed by atoms with E-state index in [0.29, 0.717) is 0 Å². The summed E-state index contributed by atoms with van der Waals surface area (Å²) in [6, 6.07) is 6.09. The number of carbonyl (C=O) groups excluding carboxylic acids is 1. The van der Waals surface area contributed by atoms with Crippen LogP contribution in [0, 0.1) is 6.92 Å². The monoisotopic (exact) mass is 276 g/mol. The summed E-state index contributed by atoms with van der Waals surface area (Å²) in [5.74, 6) is -0.0625. The normalized spacial score (nSPS) is 16.1. The summed E-state index contributed by atoms with van der Waals surface area (Å²) in [6.45, 7) is 6.20. The Morgan fingerprint density at radius 2 is 2.15 bits per heavy atom. The van der Waals surface area contributed by atoms with Crippen LogP contribution in [-0.2, 0) is 16.0 Å². The van der Waals surface area contributed by atoms with Crippen LogP contribution in [0.5, 0.6) is 0 Å². The van der Waals surface area contributed by atoms with Gasteiger partial charge in [0.25, 0.3) is 0 Å². The van der Waals surface area contributed by atoms with Crippen molar-refractivity contribution in [1.82, 2.24) is 5.32 Å². The Bertz CT molecular complexity index is 454. The Balaban J connectivity index is 1.88. The van der Waals surface area contributed by atoms with Crippen molar-refractivity contribution in [1.29, 1.82) is 0 Å². The van der Waals surface area contributed by atoms with Gasteiger partial charge >= 0.3 is 0 Å². The lowest BCUT2D eigenvalue weighted by Gasteiger charge is -2.22. The molecule has 1 aliphatic heterocycles. The Hall–Kier alpha value is -1.39. The van der Waals surface area contributed by atoms with E-state index in [4.69, 9.17) is 4.74 Å². The highest BCUT2D eigenvalue weighted by molar-refractivity contribution is 5.93. The van der Waals surface area contributed by atoms with Gasteiger partial charge in [0.1, 0.15) is 6.61 Å². The zero-order valence-electron chi connectivity index (χ0n) is 12.4. The Morgan fingerprint density at radius 1 is 1.40 bits per heavy atom. The maximum atomic E-state index is 12.0. The van der Waals surface area contributed by atoms with Crippen molar-refractivity contribution < 1.29 is 9.53 Å². The van der Waals surface area contributed by atoms with Gasteiger partial charge in [0, 0.05) is 5.69 Å². The summed E-state index contributed by atoms with van der Waals surface area (Å²) in [6.07, 6.45) is 3.09. The molecule has 110 valence electrons. The van der Waals surface area contributed by atoms with Gasteiger partial charge in [0.15, 0.2) is 0 Å². The fourth-order valence-electron chi connectivity index (χ4n) is 2.53. The molecule has 1 saturated heterocycles. The van der Waals surface area contributed by atoms with Crippen LogP contribution in [0.15, 0.2) is 18.2 Å². The molecule has 0 saturated carbocycles. The predicted octanol–water partition coefficient (Wildman–Crippen LogP) is 2.26. The Labute approximate surface area is 120 Å². The molecule has 1 amide bonds. The number of amides is 1. The molecule has 4 heteroatoms. The number of aryl methyl sites for hydroxylation is 2. The van der Waals surface area contributed by atoms with E-state index < -0.39 is 0 Å². The molecule has 1 fully saturated rings. The molecule has 1 aliphatic rings. The third-order valence-electron chi connectivity index (χ3n) is 3.74. The second-order valence-corrected chi connectivity index (χ2v) is 5.27. The van der Waals surface area contributed by atoms with Gasteiger partial charge < -0.3 is 15.4 Å². The molecule has 20 heavy (non-hydrogen) atoms. The molecular formula is C16H24N2O2. The van der Waals surface area contributed by atoms with Crippen LogP contribution < -0.4 is 10.6 Å². The van der Waals surface area contributed by atoms with Crippen LogP contribution in [-0.4, -0.2) is 31.7 Å². The molecule has 0 aliphatic carbocycles. The quantitative estimate of drug-likeness (QED) is 0.867. The van der Waals surface area contributed by atoms with E-state index in [1.165, 1.54) is 5.56 Å². The largest absolute Gasteiger partial charge is 0.368 e. The Morgan fingerprint density at radius 3 is 2.85 bits per heavy atom. The average Bonchev–Trinajstić information content (AvgIpc) is 2.48. The van der Waals surface area contributed by atoms with Gasteiger partial charge in [-0.3, -0.25) is 4.79 Å². The molecule has 1 aromatic rings. The first-order valence-corrected chi connectivity index (χ1v) is 7.41. The third-order valence-corrected chi connectivity index (χ3v) is 3.74. The number of piperidine rings is 1. The Kier molecular flexibility index (Phi) is 5.56. The zero-order valence-corrected chi connectivity index (χ0v) is 12.4. The molecule has 0 aromatic heterocycles. The van der Waals surface area contributed by atoms with E-state index >= 15 is 0 Å². The van der Waals surface area contributed by atoms with E-state index in [-0.39, 0.29) is 18.6 Å². The lowest BCUT2D eigenvalue weighted by molar-refractivity contribution is -0.123. The minimum atomic E-state index is -0.0625. The first-order chi connectivity index (χ1) is 9.70. The number of anilines is 1. The van der Waals surface area contributed by atoms with Crippen LogP contribution in [0.4, 0.5) is 5.69 Å². The molecule has 1 aromatic carbocycles. The number of para-hydroxylation sites is 1. The summed E-state index contributed by atoms with van der Waals surface area (Å²) in [5, 5.41) is 6.27. The van der Waals surface area contributed by atoms with Gasteiger partial charge in [-0.1, -0.05) is 25.1 Å². The highest BCUT2D eigenvalue weighted by atomic mass is 16.5. The number of benzene rings is 1. The van der Waals surface area contributed by atoms with Crippen molar-refractivity contribution in [3.63, 3.8) is 0 Å². The predicted molar refractivity (Wildman–Crippen MR) is 81.0 cm³/mol. The van der Waals surface area contributed by atoms with Crippen molar-refractivity contribution >= 4 is 11.6 Å². The summed E-state index contributed by atoms with van der Waals surface area (Å²) < 4.78 is 5.68. The topological polar surface area (TPSA) is 50.4 Å². The van der Waals surface area contributed by atoms with Crippen LogP contribution in [0.3, 0.4) is 0 Å². The van der Waals surface area contributed by atoms with Crippen molar-refractivity contribution in [3.05, 3.63) is 29.3 Å². The maximum absolute atomic E-state index is 12.0. The smallest absolute Gasteiger partial charge is 0.250 e. The van der Waals surface area contributed by atoms with Gasteiger partial charge in [-0.2, -0.15) is 0 Å². The fourth-order valence-corrected chi connectivity index (χ4v) is 2.53. The van der Waals surface area contributed by atoms with Gasteiger partial charge in [0.2, 0.25) is 5.91 Å². The van der Waals surface area contributed by atoms with E-state index in [9.17, 15) is 4.79 Å². The van der Waals surface area contributed by atoms with Crippen molar-refractivity contribution in [3.8, 4) is 0 Å². The molecule has 2 rings (SSSR count). The van der Waals surface area contributed by atoms with E-state index in [2.05, 4.69) is 23.6 Å². The first kappa shape index (κ1) is 15.0. The standard InChI is InChI=1S/C16H24N2O2/c1-3-13-6-4-5-12(2)16(13)18-15(19)11-20-14-7-9-17-10-8-14/h4-6,14,17H,3,7-11H2,1-2H3,(H,18,19). The number of nitrogens with one attached hydrogen (secondary N) is 2. The van der Waals surface area contributed by atoms with Crippen LogP contribution in [0.2, 0.25) is 0 Å².